The Hall–Kier alpha value is -3.99. The van der Waals surface area contributed by atoms with Crippen LogP contribution in [0.3, 0.4) is 0 Å². The highest BCUT2D eigenvalue weighted by Crippen LogP contribution is 2.07. The van der Waals surface area contributed by atoms with Gasteiger partial charge in [-0.15, -0.1) is 0 Å². The average molecular weight is 561 g/mol. The lowest BCUT2D eigenvalue weighted by molar-refractivity contribution is -0.142. The van der Waals surface area contributed by atoms with Gasteiger partial charge in [-0.2, -0.15) is 0 Å². The Balaban J connectivity index is 5.67. The van der Waals surface area contributed by atoms with Crippen molar-refractivity contribution < 1.29 is 44.1 Å². The van der Waals surface area contributed by atoms with Gasteiger partial charge in [0.15, 0.2) is 5.96 Å². The van der Waals surface area contributed by atoms with Crippen LogP contribution >= 0.6 is 0 Å². The molecule has 0 heterocycles. The van der Waals surface area contributed by atoms with Crippen molar-refractivity contribution in [2.45, 2.75) is 82.0 Å². The van der Waals surface area contributed by atoms with Crippen LogP contribution in [0.2, 0.25) is 0 Å². The van der Waals surface area contributed by atoms with Crippen LogP contribution in [0.15, 0.2) is 4.99 Å². The highest BCUT2D eigenvalue weighted by atomic mass is 16.4. The van der Waals surface area contributed by atoms with Crippen molar-refractivity contribution in [3.8, 4) is 0 Å². The van der Waals surface area contributed by atoms with Gasteiger partial charge in [0.2, 0.25) is 17.7 Å². The number of aliphatic imine (C=N–C) groups is 1. The first-order valence-corrected chi connectivity index (χ1v) is 12.4. The molecule has 0 aromatic heterocycles. The van der Waals surface area contributed by atoms with E-state index in [1.54, 1.807) is 0 Å². The molecule has 4 atom stereocenters. The van der Waals surface area contributed by atoms with Crippen molar-refractivity contribution >= 4 is 41.6 Å². The van der Waals surface area contributed by atoms with E-state index in [1.807, 2.05) is 0 Å². The van der Waals surface area contributed by atoms with E-state index >= 15 is 0 Å². The number of guanidine groups is 1. The van der Waals surface area contributed by atoms with E-state index < -0.39 is 72.6 Å². The van der Waals surface area contributed by atoms with Crippen molar-refractivity contribution in [3.63, 3.8) is 0 Å². The Kier molecular flexibility index (Phi) is 17.2. The molecular weight excluding hydrogens is 520 g/mol. The van der Waals surface area contributed by atoms with Crippen LogP contribution in [0, 0.1) is 0 Å². The Morgan fingerprint density at radius 2 is 1.15 bits per heavy atom. The second kappa shape index (κ2) is 19.1. The fourth-order valence-corrected chi connectivity index (χ4v) is 3.29. The van der Waals surface area contributed by atoms with Crippen LogP contribution in [0.4, 0.5) is 0 Å². The fraction of sp³-hybridized carbons (Fsp3) is 0.682. The van der Waals surface area contributed by atoms with Gasteiger partial charge in [0.05, 0.1) is 6.04 Å². The van der Waals surface area contributed by atoms with Gasteiger partial charge in [-0.1, -0.05) is 0 Å². The molecule has 39 heavy (non-hydrogen) atoms. The predicted molar refractivity (Wildman–Crippen MR) is 138 cm³/mol. The van der Waals surface area contributed by atoms with Gasteiger partial charge in [-0.25, -0.2) is 4.79 Å². The largest absolute Gasteiger partial charge is 0.481 e. The SMILES string of the molecule is NCCCCC(NC(=O)C(CCCN=C(N)N)NC(=O)C(CCC(=O)O)NC(=O)C(N)CCC(=O)O)C(=O)O. The van der Waals surface area contributed by atoms with Gasteiger partial charge in [-0.05, 0) is 51.5 Å². The van der Waals surface area contributed by atoms with E-state index in [-0.39, 0.29) is 44.6 Å². The van der Waals surface area contributed by atoms with Crippen LogP contribution in [0.25, 0.3) is 0 Å². The molecule has 0 aliphatic heterocycles. The number of amides is 3. The Labute approximate surface area is 225 Å². The molecule has 0 radical (unpaired) electrons. The van der Waals surface area contributed by atoms with Gasteiger partial charge < -0.3 is 54.2 Å². The maximum absolute atomic E-state index is 13.0. The number of hydrogen-bond donors (Lipinski definition) is 10. The van der Waals surface area contributed by atoms with Gasteiger partial charge in [-0.3, -0.25) is 29.0 Å². The van der Waals surface area contributed by atoms with Crippen molar-refractivity contribution in [3.05, 3.63) is 0 Å². The van der Waals surface area contributed by atoms with Gasteiger partial charge in [0, 0.05) is 19.4 Å². The summed E-state index contributed by atoms with van der Waals surface area (Å²) < 4.78 is 0. The lowest BCUT2D eigenvalue weighted by atomic mass is 10.0. The number of nitrogens with one attached hydrogen (secondary N) is 3. The molecule has 3 amide bonds. The smallest absolute Gasteiger partial charge is 0.326 e. The molecule has 0 fully saturated rings. The van der Waals surface area contributed by atoms with Crippen LogP contribution in [0.5, 0.6) is 0 Å². The lowest BCUT2D eigenvalue weighted by Gasteiger charge is -2.25. The molecule has 0 aromatic rings. The lowest BCUT2D eigenvalue weighted by Crippen LogP contribution is -2.57. The minimum Gasteiger partial charge on any atom is -0.481 e. The van der Waals surface area contributed by atoms with Crippen molar-refractivity contribution in [1.82, 2.24) is 16.0 Å². The molecule has 0 saturated carbocycles. The first-order valence-electron chi connectivity index (χ1n) is 12.4. The second-order valence-electron chi connectivity index (χ2n) is 8.73. The monoisotopic (exact) mass is 560 g/mol. The number of hydrogen-bond acceptors (Lipinski definition) is 9. The number of carboxylic acids is 3. The number of nitrogens with zero attached hydrogens (tertiary/aromatic N) is 1. The molecule has 0 spiro atoms. The number of carbonyl (C=O) groups excluding carboxylic acids is 3. The van der Waals surface area contributed by atoms with Crippen LogP contribution in [-0.2, 0) is 28.8 Å². The topological polar surface area (TPSA) is 316 Å². The maximum atomic E-state index is 13.0. The molecule has 17 heteroatoms. The summed E-state index contributed by atoms with van der Waals surface area (Å²) in [6.45, 7) is 0.436. The summed E-state index contributed by atoms with van der Waals surface area (Å²) in [7, 11) is 0. The number of nitrogens with two attached hydrogens (primary N) is 4. The van der Waals surface area contributed by atoms with Gasteiger partial charge in [0.1, 0.15) is 18.1 Å². The molecule has 0 saturated heterocycles. The summed E-state index contributed by atoms with van der Waals surface area (Å²) in [4.78, 5) is 75.6. The maximum Gasteiger partial charge on any atom is 0.326 e. The highest BCUT2D eigenvalue weighted by molar-refractivity contribution is 5.94. The molecule has 222 valence electrons. The highest BCUT2D eigenvalue weighted by Gasteiger charge is 2.30. The molecule has 0 rings (SSSR count). The Bertz CT molecular complexity index is 880. The zero-order valence-corrected chi connectivity index (χ0v) is 21.6. The average Bonchev–Trinajstić information content (AvgIpc) is 2.85. The zero-order valence-electron chi connectivity index (χ0n) is 21.6. The fourth-order valence-electron chi connectivity index (χ4n) is 3.29. The molecule has 4 unspecified atom stereocenters. The molecule has 17 nitrogen and oxygen atoms in total. The second-order valence-corrected chi connectivity index (χ2v) is 8.73. The van der Waals surface area contributed by atoms with Crippen LogP contribution in [-0.4, -0.2) is 94.2 Å². The summed E-state index contributed by atoms with van der Waals surface area (Å²) in [6, 6.07) is -5.26. The van der Waals surface area contributed by atoms with Crippen LogP contribution < -0.4 is 38.9 Å². The molecule has 0 aromatic carbocycles. The molecular formula is C22H40N8O9. The van der Waals surface area contributed by atoms with Crippen molar-refractivity contribution in [2.24, 2.45) is 27.9 Å². The summed E-state index contributed by atoms with van der Waals surface area (Å²) in [6.07, 6.45) is -0.282. The van der Waals surface area contributed by atoms with E-state index in [9.17, 15) is 33.9 Å². The quantitative estimate of drug-likeness (QED) is 0.0375. The molecule has 0 bridgehead atoms. The standard InChI is InChI=1S/C22H40N8O9/c23-10-2-1-4-15(21(38)39)30-19(36)13(5-3-11-27-22(25)26)29-20(37)14(7-9-17(33)34)28-18(35)12(24)6-8-16(31)32/h12-15H,1-11,23-24H2,(H,28,35)(H,29,37)(H,30,36)(H,31,32)(H,33,34)(H,38,39)(H4,25,26,27). The normalized spacial score (nSPS) is 13.7. The third kappa shape index (κ3) is 16.5. The predicted octanol–water partition coefficient (Wildman–Crippen LogP) is -3.24. The number of unbranched alkanes of at least 4 members (excludes halogenated alkanes) is 1. The molecule has 0 aliphatic rings. The van der Waals surface area contributed by atoms with Gasteiger partial charge >= 0.3 is 17.9 Å². The van der Waals surface area contributed by atoms with E-state index in [0.717, 1.165) is 0 Å². The number of carboxylic acid groups (broad SMARTS) is 3. The number of carbonyl (C=O) groups is 6. The third-order valence-corrected chi connectivity index (χ3v) is 5.43. The Morgan fingerprint density at radius 1 is 0.667 bits per heavy atom. The first-order chi connectivity index (χ1) is 18.3. The summed E-state index contributed by atoms with van der Waals surface area (Å²) >= 11 is 0. The summed E-state index contributed by atoms with van der Waals surface area (Å²) in [5, 5.41) is 34.4. The first kappa shape index (κ1) is 35.0. The zero-order chi connectivity index (χ0) is 30.0. The third-order valence-electron chi connectivity index (χ3n) is 5.43. The van der Waals surface area contributed by atoms with Crippen LogP contribution in [0.1, 0.15) is 57.8 Å². The van der Waals surface area contributed by atoms with E-state index in [0.29, 0.717) is 19.4 Å². The van der Waals surface area contributed by atoms with Gasteiger partial charge in [0.25, 0.3) is 0 Å². The summed E-state index contributed by atoms with van der Waals surface area (Å²) in [5.41, 5.74) is 21.7. The minimum absolute atomic E-state index is 0.0266. The van der Waals surface area contributed by atoms with Crippen molar-refractivity contribution in [1.29, 1.82) is 0 Å². The number of aliphatic carboxylic acids is 3. The summed E-state index contributed by atoms with van der Waals surface area (Å²) in [5.74, 6) is -6.56. The molecule has 14 N–H and O–H groups in total. The minimum atomic E-state index is -1.43. The van der Waals surface area contributed by atoms with E-state index in [2.05, 4.69) is 20.9 Å². The van der Waals surface area contributed by atoms with E-state index in [1.165, 1.54) is 0 Å². The number of rotatable bonds is 21. The molecule has 0 aliphatic carbocycles. The van der Waals surface area contributed by atoms with E-state index in [4.69, 9.17) is 33.1 Å². The van der Waals surface area contributed by atoms with Crippen molar-refractivity contribution in [2.75, 3.05) is 13.1 Å². The Morgan fingerprint density at radius 3 is 1.67 bits per heavy atom.